The van der Waals surface area contributed by atoms with Gasteiger partial charge in [0, 0.05) is 40.5 Å². The first kappa shape index (κ1) is 17.6. The van der Waals surface area contributed by atoms with Crippen molar-refractivity contribution < 1.29 is 14.1 Å². The molecule has 29 heavy (non-hydrogen) atoms. The Kier molecular flexibility index (Phi) is 4.35. The van der Waals surface area contributed by atoms with Crippen LogP contribution in [-0.4, -0.2) is 32.7 Å². The number of fused-ring (bicyclic) bond motifs is 3. The number of nitrogens with zero attached hydrogens (tertiary/aromatic N) is 3. The minimum Gasteiger partial charge on any atom is -0.466 e. The Hall–Kier alpha value is -3.48. The van der Waals surface area contributed by atoms with Gasteiger partial charge in [0.1, 0.15) is 0 Å². The van der Waals surface area contributed by atoms with E-state index in [-0.39, 0.29) is 11.9 Å². The molecule has 0 saturated heterocycles. The average molecular weight is 388 g/mol. The SMILES string of the molecule is CCOC(=O)CC1CCc2c1[nH]c1ccc(-c3noc(-c4cccnc4)n3)cc21. The Balaban J connectivity index is 1.46. The summed E-state index contributed by atoms with van der Waals surface area (Å²) in [6.07, 6.45) is 5.71. The first-order chi connectivity index (χ1) is 14.2. The van der Waals surface area contributed by atoms with Crippen LogP contribution in [0.15, 0.2) is 47.2 Å². The lowest BCUT2D eigenvalue weighted by Gasteiger charge is -2.08. The minimum atomic E-state index is -0.139. The normalized spacial score (nSPS) is 15.6. The molecular weight excluding hydrogens is 368 g/mol. The first-order valence-corrected chi connectivity index (χ1v) is 9.77. The number of nitrogens with one attached hydrogen (secondary N) is 1. The number of esters is 1. The van der Waals surface area contributed by atoms with Crippen molar-refractivity contribution in [3.63, 3.8) is 0 Å². The summed E-state index contributed by atoms with van der Waals surface area (Å²) in [5.41, 5.74) is 5.16. The molecule has 0 saturated carbocycles. The van der Waals surface area contributed by atoms with Gasteiger partial charge in [0.2, 0.25) is 5.82 Å². The van der Waals surface area contributed by atoms with Gasteiger partial charge in [-0.15, -0.1) is 0 Å². The van der Waals surface area contributed by atoms with Crippen LogP contribution in [0, 0.1) is 0 Å². The predicted octanol–water partition coefficient (Wildman–Crippen LogP) is 4.26. The van der Waals surface area contributed by atoms with Crippen molar-refractivity contribution in [1.29, 1.82) is 0 Å². The zero-order valence-electron chi connectivity index (χ0n) is 16.0. The molecule has 146 valence electrons. The van der Waals surface area contributed by atoms with Crippen LogP contribution >= 0.6 is 0 Å². The van der Waals surface area contributed by atoms with Crippen molar-refractivity contribution in [2.45, 2.75) is 32.1 Å². The number of pyridine rings is 1. The van der Waals surface area contributed by atoms with Gasteiger partial charge in [0.25, 0.3) is 5.89 Å². The Morgan fingerprint density at radius 2 is 2.24 bits per heavy atom. The molecule has 4 aromatic rings. The van der Waals surface area contributed by atoms with Crippen LogP contribution in [0.3, 0.4) is 0 Å². The van der Waals surface area contributed by atoms with Gasteiger partial charge in [-0.25, -0.2) is 0 Å². The molecule has 0 bridgehead atoms. The quantitative estimate of drug-likeness (QED) is 0.513. The van der Waals surface area contributed by atoms with Crippen LogP contribution in [-0.2, 0) is 16.0 Å². The highest BCUT2D eigenvalue weighted by molar-refractivity contribution is 5.89. The fraction of sp³-hybridized carbons (Fsp3) is 0.273. The number of ether oxygens (including phenoxy) is 1. The highest BCUT2D eigenvalue weighted by Gasteiger charge is 2.29. The van der Waals surface area contributed by atoms with E-state index in [4.69, 9.17) is 9.26 Å². The average Bonchev–Trinajstić information content (AvgIpc) is 3.45. The van der Waals surface area contributed by atoms with E-state index in [1.54, 1.807) is 12.4 Å². The van der Waals surface area contributed by atoms with Gasteiger partial charge in [-0.2, -0.15) is 4.98 Å². The summed E-state index contributed by atoms with van der Waals surface area (Å²) in [5.74, 6) is 1.03. The number of aryl methyl sites for hydroxylation is 1. The molecule has 1 aliphatic carbocycles. The number of benzene rings is 1. The number of aromatic amines is 1. The van der Waals surface area contributed by atoms with Crippen LogP contribution in [0.5, 0.6) is 0 Å². The summed E-state index contributed by atoms with van der Waals surface area (Å²) in [4.78, 5) is 24.0. The Bertz CT molecular complexity index is 1180. The molecular formula is C22H20N4O3. The maximum atomic E-state index is 11.9. The van der Waals surface area contributed by atoms with E-state index >= 15 is 0 Å². The molecule has 0 aliphatic heterocycles. The van der Waals surface area contributed by atoms with Crippen LogP contribution < -0.4 is 0 Å². The van der Waals surface area contributed by atoms with Gasteiger partial charge in [0.15, 0.2) is 0 Å². The molecule has 0 spiro atoms. The van der Waals surface area contributed by atoms with Gasteiger partial charge in [-0.05, 0) is 55.7 Å². The number of hydrogen-bond acceptors (Lipinski definition) is 6. The van der Waals surface area contributed by atoms with E-state index in [1.165, 1.54) is 5.56 Å². The van der Waals surface area contributed by atoms with Crippen LogP contribution in [0.2, 0.25) is 0 Å². The van der Waals surface area contributed by atoms with Crippen molar-refractivity contribution in [2.75, 3.05) is 6.61 Å². The molecule has 5 rings (SSSR count). The first-order valence-electron chi connectivity index (χ1n) is 9.77. The number of hydrogen-bond donors (Lipinski definition) is 1. The number of aromatic nitrogens is 4. The topological polar surface area (TPSA) is 93.9 Å². The molecule has 7 heteroatoms. The zero-order chi connectivity index (χ0) is 19.8. The zero-order valence-corrected chi connectivity index (χ0v) is 16.0. The molecule has 7 nitrogen and oxygen atoms in total. The highest BCUT2D eigenvalue weighted by atomic mass is 16.5. The lowest BCUT2D eigenvalue weighted by atomic mass is 10.0. The maximum Gasteiger partial charge on any atom is 0.306 e. The third kappa shape index (κ3) is 3.18. The highest BCUT2D eigenvalue weighted by Crippen LogP contribution is 2.40. The van der Waals surface area contributed by atoms with E-state index in [0.29, 0.717) is 24.7 Å². The predicted molar refractivity (Wildman–Crippen MR) is 107 cm³/mol. The minimum absolute atomic E-state index is 0.139. The molecule has 1 N–H and O–H groups in total. The second-order valence-corrected chi connectivity index (χ2v) is 7.19. The summed E-state index contributed by atoms with van der Waals surface area (Å²) in [6, 6.07) is 9.82. The van der Waals surface area contributed by atoms with E-state index in [1.807, 2.05) is 31.2 Å². The van der Waals surface area contributed by atoms with Gasteiger partial charge in [-0.1, -0.05) is 5.16 Å². The fourth-order valence-electron chi connectivity index (χ4n) is 4.06. The lowest BCUT2D eigenvalue weighted by molar-refractivity contribution is -0.143. The largest absolute Gasteiger partial charge is 0.466 e. The second-order valence-electron chi connectivity index (χ2n) is 7.19. The molecule has 0 fully saturated rings. The molecule has 1 atom stereocenters. The summed E-state index contributed by atoms with van der Waals surface area (Å²) in [7, 11) is 0. The van der Waals surface area contributed by atoms with Gasteiger partial charge in [-0.3, -0.25) is 9.78 Å². The summed E-state index contributed by atoms with van der Waals surface area (Å²) in [6.45, 7) is 2.25. The number of carbonyl (C=O) groups is 1. The molecule has 3 aromatic heterocycles. The molecule has 1 aromatic carbocycles. The molecule has 0 radical (unpaired) electrons. The van der Waals surface area contributed by atoms with E-state index in [2.05, 4.69) is 26.2 Å². The van der Waals surface area contributed by atoms with Crippen molar-refractivity contribution in [3.05, 3.63) is 54.0 Å². The summed E-state index contributed by atoms with van der Waals surface area (Å²) < 4.78 is 10.5. The second kappa shape index (κ2) is 7.16. The standard InChI is InChI=1S/C22H20N4O3/c1-2-28-19(27)11-13-5-7-16-17-10-14(6-8-18(17)24-20(13)16)21-25-22(29-26-21)15-4-3-9-23-12-15/h3-4,6,8-10,12-13,24H,2,5,7,11H2,1H3. The number of H-pyrrole nitrogens is 1. The Morgan fingerprint density at radius 1 is 1.31 bits per heavy atom. The number of rotatable bonds is 5. The van der Waals surface area contributed by atoms with Crippen molar-refractivity contribution >= 4 is 16.9 Å². The summed E-state index contributed by atoms with van der Waals surface area (Å²) >= 11 is 0. The third-order valence-electron chi connectivity index (χ3n) is 5.40. The van der Waals surface area contributed by atoms with Gasteiger partial charge < -0.3 is 14.2 Å². The van der Waals surface area contributed by atoms with Gasteiger partial charge >= 0.3 is 5.97 Å². The van der Waals surface area contributed by atoms with Gasteiger partial charge in [0.05, 0.1) is 18.6 Å². The van der Waals surface area contributed by atoms with Crippen molar-refractivity contribution in [2.24, 2.45) is 0 Å². The Morgan fingerprint density at radius 3 is 3.07 bits per heavy atom. The van der Waals surface area contributed by atoms with Crippen LogP contribution in [0.1, 0.15) is 36.9 Å². The third-order valence-corrected chi connectivity index (χ3v) is 5.40. The lowest BCUT2D eigenvalue weighted by Crippen LogP contribution is -2.08. The van der Waals surface area contributed by atoms with Crippen LogP contribution in [0.25, 0.3) is 33.7 Å². The number of carbonyl (C=O) groups excluding carboxylic acids is 1. The fourth-order valence-corrected chi connectivity index (χ4v) is 4.06. The monoisotopic (exact) mass is 388 g/mol. The van der Waals surface area contributed by atoms with Crippen LogP contribution in [0.4, 0.5) is 0 Å². The molecule has 3 heterocycles. The van der Waals surface area contributed by atoms with E-state index in [0.717, 1.165) is 40.6 Å². The molecule has 1 aliphatic rings. The van der Waals surface area contributed by atoms with E-state index in [9.17, 15) is 4.79 Å². The maximum absolute atomic E-state index is 11.9. The molecule has 1 unspecified atom stereocenters. The molecule has 0 amide bonds. The smallest absolute Gasteiger partial charge is 0.306 e. The summed E-state index contributed by atoms with van der Waals surface area (Å²) in [5, 5.41) is 5.29. The van der Waals surface area contributed by atoms with Crippen molar-refractivity contribution in [1.82, 2.24) is 20.1 Å². The van der Waals surface area contributed by atoms with E-state index < -0.39 is 0 Å². The Labute approximate surface area is 167 Å². The van der Waals surface area contributed by atoms with Crippen molar-refractivity contribution in [3.8, 4) is 22.8 Å².